The number of hydrogen-bond acceptors (Lipinski definition) is 4. The van der Waals surface area contributed by atoms with E-state index in [-0.39, 0.29) is 12.0 Å². The number of methoxy groups -OCH3 is 1. The molecule has 1 aromatic heterocycles. The van der Waals surface area contributed by atoms with Crippen molar-refractivity contribution < 1.29 is 14.3 Å². The zero-order valence-corrected chi connectivity index (χ0v) is 13.6. The highest BCUT2D eigenvalue weighted by Gasteiger charge is 2.26. The second-order valence-corrected chi connectivity index (χ2v) is 5.71. The van der Waals surface area contributed by atoms with Gasteiger partial charge in [0.25, 0.3) is 5.91 Å². The van der Waals surface area contributed by atoms with Crippen molar-refractivity contribution in [3.63, 3.8) is 0 Å². The fourth-order valence-corrected chi connectivity index (χ4v) is 2.86. The molecule has 6 heteroatoms. The van der Waals surface area contributed by atoms with Gasteiger partial charge in [-0.3, -0.25) is 4.79 Å². The Morgan fingerprint density at radius 2 is 2.26 bits per heavy atom. The predicted molar refractivity (Wildman–Crippen MR) is 89.2 cm³/mol. The summed E-state index contributed by atoms with van der Waals surface area (Å²) in [7, 11) is 1.63. The Balaban J connectivity index is 1.79. The molecule has 1 aromatic carbocycles. The second-order valence-electron chi connectivity index (χ2n) is 5.30. The largest absolute Gasteiger partial charge is 0.497 e. The highest BCUT2D eigenvalue weighted by Crippen LogP contribution is 2.26. The molecule has 1 aliphatic rings. The summed E-state index contributed by atoms with van der Waals surface area (Å²) in [5, 5.41) is 0. The lowest BCUT2D eigenvalue weighted by atomic mass is 10.1. The fourth-order valence-electron chi connectivity index (χ4n) is 2.64. The number of carbonyl (C=O) groups excluding carboxylic acids is 1. The van der Waals surface area contributed by atoms with Gasteiger partial charge in [0.1, 0.15) is 16.5 Å². The number of ether oxygens (including phenoxy) is 2. The van der Waals surface area contributed by atoms with E-state index in [9.17, 15) is 4.79 Å². The molecule has 1 N–H and O–H groups in total. The maximum atomic E-state index is 12.7. The number of carbonyl (C=O) groups is 1. The molecule has 1 saturated heterocycles. The molecule has 1 amide bonds. The molecule has 23 heavy (non-hydrogen) atoms. The van der Waals surface area contributed by atoms with Gasteiger partial charge in [-0.25, -0.2) is 0 Å². The van der Waals surface area contributed by atoms with Gasteiger partial charge < -0.3 is 19.4 Å². The first-order valence-electron chi connectivity index (χ1n) is 7.41. The third kappa shape index (κ3) is 3.43. The van der Waals surface area contributed by atoms with Gasteiger partial charge >= 0.3 is 0 Å². The Morgan fingerprint density at radius 1 is 1.39 bits per heavy atom. The smallest absolute Gasteiger partial charge is 0.257 e. The Morgan fingerprint density at radius 3 is 3.04 bits per heavy atom. The highest BCUT2D eigenvalue weighted by molar-refractivity contribution is 7.71. The van der Waals surface area contributed by atoms with Crippen LogP contribution in [-0.4, -0.2) is 42.6 Å². The number of nitrogens with zero attached hydrogens (tertiary/aromatic N) is 1. The molecule has 2 heterocycles. The van der Waals surface area contributed by atoms with Gasteiger partial charge in [-0.05, 0) is 29.8 Å². The SMILES string of the molecule is COc1cccc(C2CN(C(=O)c3ccc[nH]c3=S)CCO2)c1. The number of nitrogens with one attached hydrogen (secondary N) is 1. The number of aromatic amines is 1. The molecule has 0 spiro atoms. The average Bonchev–Trinajstić information content (AvgIpc) is 2.62. The van der Waals surface area contributed by atoms with Crippen LogP contribution in [0.3, 0.4) is 0 Å². The van der Waals surface area contributed by atoms with Gasteiger partial charge in [0.2, 0.25) is 0 Å². The molecule has 5 nitrogen and oxygen atoms in total. The maximum Gasteiger partial charge on any atom is 0.257 e. The summed E-state index contributed by atoms with van der Waals surface area (Å²) in [6.45, 7) is 1.55. The monoisotopic (exact) mass is 330 g/mol. The van der Waals surface area contributed by atoms with E-state index < -0.39 is 0 Å². The van der Waals surface area contributed by atoms with Crippen LogP contribution in [0.1, 0.15) is 22.0 Å². The van der Waals surface area contributed by atoms with Crippen molar-refractivity contribution in [3.8, 4) is 5.75 Å². The average molecular weight is 330 g/mol. The zero-order chi connectivity index (χ0) is 16.2. The van der Waals surface area contributed by atoms with Crippen LogP contribution in [0.25, 0.3) is 0 Å². The Bertz CT molecular complexity index is 759. The lowest BCUT2D eigenvalue weighted by Crippen LogP contribution is -2.42. The fraction of sp³-hybridized carbons (Fsp3) is 0.294. The molecule has 3 rings (SSSR count). The lowest BCUT2D eigenvalue weighted by molar-refractivity contribution is -0.0229. The summed E-state index contributed by atoms with van der Waals surface area (Å²) in [5.74, 6) is 0.711. The molecule has 1 unspecified atom stereocenters. The summed E-state index contributed by atoms with van der Waals surface area (Å²) in [4.78, 5) is 17.4. The van der Waals surface area contributed by atoms with Gasteiger partial charge in [0, 0.05) is 12.7 Å². The lowest BCUT2D eigenvalue weighted by Gasteiger charge is -2.33. The van der Waals surface area contributed by atoms with Gasteiger partial charge in [0.05, 0.1) is 25.8 Å². The van der Waals surface area contributed by atoms with Gasteiger partial charge in [0.15, 0.2) is 0 Å². The quantitative estimate of drug-likeness (QED) is 0.879. The first kappa shape index (κ1) is 15.7. The number of amides is 1. The van der Waals surface area contributed by atoms with Gasteiger partial charge in [-0.15, -0.1) is 0 Å². The minimum absolute atomic E-state index is 0.0666. The molecule has 1 atom stereocenters. The minimum atomic E-state index is -0.163. The van der Waals surface area contributed by atoms with Crippen LogP contribution >= 0.6 is 12.2 Å². The van der Waals surface area contributed by atoms with Crippen LogP contribution in [0, 0.1) is 4.64 Å². The highest BCUT2D eigenvalue weighted by atomic mass is 32.1. The summed E-state index contributed by atoms with van der Waals surface area (Å²) in [6, 6.07) is 11.3. The summed E-state index contributed by atoms with van der Waals surface area (Å²) in [6.07, 6.45) is 1.56. The molecule has 1 aliphatic heterocycles. The van der Waals surface area contributed by atoms with Gasteiger partial charge in [-0.1, -0.05) is 24.4 Å². The zero-order valence-electron chi connectivity index (χ0n) is 12.8. The van der Waals surface area contributed by atoms with E-state index in [1.807, 2.05) is 24.3 Å². The van der Waals surface area contributed by atoms with E-state index in [2.05, 4.69) is 4.98 Å². The van der Waals surface area contributed by atoms with E-state index in [4.69, 9.17) is 21.7 Å². The first-order chi connectivity index (χ1) is 11.2. The topological polar surface area (TPSA) is 54.6 Å². The molecule has 1 fully saturated rings. The summed E-state index contributed by atoms with van der Waals surface area (Å²) in [5.41, 5.74) is 1.52. The van der Waals surface area contributed by atoms with Crippen LogP contribution < -0.4 is 4.74 Å². The Labute approximate surface area is 139 Å². The summed E-state index contributed by atoms with van der Waals surface area (Å²) < 4.78 is 11.5. The van der Waals surface area contributed by atoms with E-state index in [0.29, 0.717) is 29.9 Å². The van der Waals surface area contributed by atoms with Crippen LogP contribution in [0.2, 0.25) is 0 Å². The Kier molecular flexibility index (Phi) is 4.73. The van der Waals surface area contributed by atoms with Crippen LogP contribution in [0.4, 0.5) is 0 Å². The Hall–Kier alpha value is -2.18. The van der Waals surface area contributed by atoms with Crippen molar-refractivity contribution in [2.24, 2.45) is 0 Å². The molecular weight excluding hydrogens is 312 g/mol. The molecule has 0 aliphatic carbocycles. The van der Waals surface area contributed by atoms with Crippen LogP contribution in [0.5, 0.6) is 5.75 Å². The van der Waals surface area contributed by atoms with Crippen molar-refractivity contribution >= 4 is 18.1 Å². The van der Waals surface area contributed by atoms with Crippen LogP contribution in [-0.2, 0) is 4.74 Å². The van der Waals surface area contributed by atoms with Crippen molar-refractivity contribution in [2.45, 2.75) is 6.10 Å². The van der Waals surface area contributed by atoms with Crippen molar-refractivity contribution in [1.82, 2.24) is 9.88 Å². The van der Waals surface area contributed by atoms with Gasteiger partial charge in [-0.2, -0.15) is 0 Å². The number of morpholine rings is 1. The minimum Gasteiger partial charge on any atom is -0.497 e. The summed E-state index contributed by atoms with van der Waals surface area (Å²) >= 11 is 5.20. The third-order valence-electron chi connectivity index (χ3n) is 3.87. The molecule has 2 aromatic rings. The van der Waals surface area contributed by atoms with E-state index >= 15 is 0 Å². The molecule has 0 radical (unpaired) electrons. The second kappa shape index (κ2) is 6.93. The number of aromatic nitrogens is 1. The third-order valence-corrected chi connectivity index (χ3v) is 4.21. The molecular formula is C17H18N2O3S. The first-order valence-corrected chi connectivity index (χ1v) is 7.82. The standard InChI is InChI=1S/C17H18N2O3S/c1-21-13-5-2-4-12(10-13)15-11-19(8-9-22-15)17(20)14-6-3-7-18-16(14)23/h2-7,10,15H,8-9,11H2,1H3,(H,18,23). The number of hydrogen-bond donors (Lipinski definition) is 1. The van der Waals surface area contributed by atoms with Crippen molar-refractivity contribution in [2.75, 3.05) is 26.8 Å². The van der Waals surface area contributed by atoms with Crippen molar-refractivity contribution in [1.29, 1.82) is 0 Å². The normalized spacial score (nSPS) is 17.8. The number of pyridine rings is 1. The van der Waals surface area contributed by atoms with E-state index in [1.54, 1.807) is 30.3 Å². The number of H-pyrrole nitrogens is 1. The predicted octanol–water partition coefficient (Wildman–Crippen LogP) is 2.97. The van der Waals surface area contributed by atoms with Crippen LogP contribution in [0.15, 0.2) is 42.6 Å². The van der Waals surface area contributed by atoms with E-state index in [1.165, 1.54) is 0 Å². The maximum absolute atomic E-state index is 12.7. The molecule has 0 bridgehead atoms. The molecule has 0 saturated carbocycles. The van der Waals surface area contributed by atoms with Crippen molar-refractivity contribution in [3.05, 3.63) is 58.4 Å². The number of benzene rings is 1. The number of rotatable bonds is 3. The van der Waals surface area contributed by atoms with E-state index in [0.717, 1.165) is 11.3 Å². The molecule has 120 valence electrons.